The fourth-order valence-electron chi connectivity index (χ4n) is 3.66. The Hall–Kier alpha value is -3.01. The van der Waals surface area contributed by atoms with E-state index in [-0.39, 0.29) is 28.2 Å². The molecule has 10 heteroatoms. The molecule has 2 unspecified atom stereocenters. The second-order valence-electron chi connectivity index (χ2n) is 7.19. The molecule has 31 heavy (non-hydrogen) atoms. The summed E-state index contributed by atoms with van der Waals surface area (Å²) in [4.78, 5) is 16.5. The Kier molecular flexibility index (Phi) is 5.90. The molecule has 2 atom stereocenters. The van der Waals surface area contributed by atoms with Gasteiger partial charge in [0.25, 0.3) is 0 Å². The van der Waals surface area contributed by atoms with Crippen molar-refractivity contribution in [3.8, 4) is 0 Å². The third-order valence-corrected chi connectivity index (χ3v) is 6.36. The highest BCUT2D eigenvalue weighted by Gasteiger charge is 2.28. The van der Waals surface area contributed by atoms with Crippen molar-refractivity contribution in [3.05, 3.63) is 63.9 Å². The first-order chi connectivity index (χ1) is 14.9. The van der Waals surface area contributed by atoms with Crippen LogP contribution in [0.1, 0.15) is 32.2 Å². The van der Waals surface area contributed by atoms with Gasteiger partial charge in [0.1, 0.15) is 23.2 Å². The van der Waals surface area contributed by atoms with E-state index in [1.807, 2.05) is 0 Å². The number of benzene rings is 1. The Labute approximate surface area is 179 Å². The van der Waals surface area contributed by atoms with Gasteiger partial charge in [-0.2, -0.15) is 0 Å². The van der Waals surface area contributed by atoms with Crippen molar-refractivity contribution in [2.45, 2.75) is 37.1 Å². The standard InChI is InChI=1S/C21H21F2N3O4S/c1-12(24-2)25-31(28)20-11-19-17(10-15(20)23)26(21(27)30-19)16-6-4-8-29-18-7-3-5-13(22)9-14(16)18/h3,7,9-11,16H,4-6,8H2,1-2H3,(H,24,25). The van der Waals surface area contributed by atoms with Gasteiger partial charge >= 0.3 is 5.76 Å². The SMILES string of the molecule is CN=C(C)NS(=O)c1cc2oc(=O)n(C3CCCOC4=C3C=C(F)CC=C4)c2cc1F. The molecule has 0 amide bonds. The van der Waals surface area contributed by atoms with Crippen LogP contribution >= 0.6 is 0 Å². The zero-order chi connectivity index (χ0) is 22.1. The minimum atomic E-state index is -1.92. The highest BCUT2D eigenvalue weighted by Crippen LogP contribution is 2.36. The van der Waals surface area contributed by atoms with Gasteiger partial charge < -0.3 is 9.15 Å². The number of halogens is 2. The number of oxazole rings is 1. The molecule has 1 aliphatic heterocycles. The Morgan fingerprint density at radius 1 is 1.35 bits per heavy atom. The van der Waals surface area contributed by atoms with E-state index in [2.05, 4.69) is 9.71 Å². The molecule has 1 aliphatic carbocycles. The quantitative estimate of drug-likeness (QED) is 0.570. The van der Waals surface area contributed by atoms with Gasteiger partial charge in [0.2, 0.25) is 0 Å². The summed E-state index contributed by atoms with van der Waals surface area (Å²) in [5.74, 6) is -0.991. The van der Waals surface area contributed by atoms with E-state index in [1.165, 1.54) is 23.8 Å². The van der Waals surface area contributed by atoms with Crippen LogP contribution in [-0.4, -0.2) is 28.3 Å². The number of hydrogen-bond donors (Lipinski definition) is 1. The van der Waals surface area contributed by atoms with Crippen molar-refractivity contribution < 1.29 is 22.1 Å². The number of nitrogens with one attached hydrogen (secondary N) is 1. The third kappa shape index (κ3) is 4.12. The van der Waals surface area contributed by atoms with Crippen molar-refractivity contribution >= 4 is 27.9 Å². The number of amidine groups is 1. The van der Waals surface area contributed by atoms with E-state index in [0.717, 1.165) is 6.07 Å². The molecule has 2 aromatic rings. The van der Waals surface area contributed by atoms with E-state index in [4.69, 9.17) is 9.15 Å². The summed E-state index contributed by atoms with van der Waals surface area (Å²) in [5.41, 5.74) is 0.784. The summed E-state index contributed by atoms with van der Waals surface area (Å²) in [6, 6.07) is 1.76. The van der Waals surface area contributed by atoms with E-state index >= 15 is 0 Å². The maximum absolute atomic E-state index is 14.9. The van der Waals surface area contributed by atoms with Crippen molar-refractivity contribution in [1.29, 1.82) is 0 Å². The molecule has 2 aliphatic rings. The Morgan fingerprint density at radius 3 is 2.94 bits per heavy atom. The van der Waals surface area contributed by atoms with Gasteiger partial charge in [-0.1, -0.05) is 6.08 Å². The molecule has 0 saturated carbocycles. The predicted molar refractivity (Wildman–Crippen MR) is 113 cm³/mol. The Morgan fingerprint density at radius 2 is 2.16 bits per heavy atom. The van der Waals surface area contributed by atoms with Gasteiger partial charge in [-0.15, -0.1) is 0 Å². The van der Waals surface area contributed by atoms with Crippen LogP contribution in [0.15, 0.2) is 66.6 Å². The number of nitrogens with zero attached hydrogens (tertiary/aromatic N) is 2. The van der Waals surface area contributed by atoms with Crippen LogP contribution in [-0.2, 0) is 15.7 Å². The fourth-order valence-corrected chi connectivity index (χ4v) is 4.58. The zero-order valence-corrected chi connectivity index (χ0v) is 17.8. The smallest absolute Gasteiger partial charge is 0.420 e. The molecule has 4 rings (SSSR count). The number of aromatic nitrogens is 1. The molecule has 0 spiro atoms. The maximum atomic E-state index is 14.9. The second-order valence-corrected chi connectivity index (χ2v) is 8.37. The van der Waals surface area contributed by atoms with Gasteiger partial charge in [-0.25, -0.2) is 17.8 Å². The maximum Gasteiger partial charge on any atom is 0.420 e. The van der Waals surface area contributed by atoms with Gasteiger partial charge in [0.05, 0.1) is 23.1 Å². The average Bonchev–Trinajstić information content (AvgIpc) is 2.85. The van der Waals surface area contributed by atoms with Gasteiger partial charge in [0.15, 0.2) is 16.6 Å². The molecule has 0 bridgehead atoms. The fraction of sp³-hybridized carbons (Fsp3) is 0.333. The van der Waals surface area contributed by atoms with Crippen LogP contribution in [0.3, 0.4) is 0 Å². The lowest BCUT2D eigenvalue weighted by atomic mass is 10.0. The number of rotatable bonds is 3. The van der Waals surface area contributed by atoms with Crippen LogP contribution < -0.4 is 10.5 Å². The van der Waals surface area contributed by atoms with Gasteiger partial charge in [-0.05, 0) is 31.9 Å². The highest BCUT2D eigenvalue weighted by molar-refractivity contribution is 7.83. The topological polar surface area (TPSA) is 85.8 Å². The summed E-state index contributed by atoms with van der Waals surface area (Å²) >= 11 is 0. The van der Waals surface area contributed by atoms with E-state index < -0.39 is 28.6 Å². The first-order valence-electron chi connectivity index (χ1n) is 9.75. The summed E-state index contributed by atoms with van der Waals surface area (Å²) in [5, 5.41) is 0. The molecular weight excluding hydrogens is 428 g/mol. The molecule has 2 heterocycles. The van der Waals surface area contributed by atoms with Crippen molar-refractivity contribution in [2.75, 3.05) is 13.7 Å². The number of fused-ring (bicyclic) bond motifs is 1. The van der Waals surface area contributed by atoms with Crippen LogP contribution in [0.4, 0.5) is 8.78 Å². The largest absolute Gasteiger partial charge is 0.493 e. The number of hydrogen-bond acceptors (Lipinski definition) is 5. The molecule has 1 aromatic heterocycles. The third-order valence-electron chi connectivity index (χ3n) is 5.17. The lowest BCUT2D eigenvalue weighted by Crippen LogP contribution is -2.24. The van der Waals surface area contributed by atoms with E-state index in [1.54, 1.807) is 19.1 Å². The van der Waals surface area contributed by atoms with Gasteiger partial charge in [-0.3, -0.25) is 14.3 Å². The summed E-state index contributed by atoms with van der Waals surface area (Å²) in [6.45, 7) is 2.01. The normalized spacial score (nSPS) is 20.6. The summed E-state index contributed by atoms with van der Waals surface area (Å²) < 4.78 is 56.5. The molecule has 0 fully saturated rings. The molecule has 7 nitrogen and oxygen atoms in total. The minimum absolute atomic E-state index is 0.0866. The molecule has 164 valence electrons. The molecule has 1 N–H and O–H groups in total. The lowest BCUT2D eigenvalue weighted by Gasteiger charge is -2.18. The van der Waals surface area contributed by atoms with Crippen LogP contribution in [0.25, 0.3) is 11.1 Å². The number of aliphatic imine (C=N–C) groups is 1. The van der Waals surface area contributed by atoms with Crippen LogP contribution in [0.5, 0.6) is 0 Å². The molecular formula is C21H21F2N3O4S. The molecule has 0 radical (unpaired) electrons. The lowest BCUT2D eigenvalue weighted by molar-refractivity contribution is 0.224. The molecule has 0 saturated heterocycles. The van der Waals surface area contributed by atoms with Crippen LogP contribution in [0, 0.1) is 5.82 Å². The highest BCUT2D eigenvalue weighted by atomic mass is 32.2. The van der Waals surface area contributed by atoms with E-state index in [0.29, 0.717) is 36.6 Å². The summed E-state index contributed by atoms with van der Waals surface area (Å²) in [7, 11) is -0.413. The Bertz CT molecular complexity index is 1240. The number of allylic oxidation sites excluding steroid dienone is 5. The second kappa shape index (κ2) is 8.62. The van der Waals surface area contributed by atoms with Crippen molar-refractivity contribution in [2.24, 2.45) is 4.99 Å². The molecule has 1 aromatic carbocycles. The monoisotopic (exact) mass is 449 g/mol. The van der Waals surface area contributed by atoms with E-state index in [9.17, 15) is 17.8 Å². The van der Waals surface area contributed by atoms with Crippen LogP contribution in [0.2, 0.25) is 0 Å². The predicted octanol–water partition coefficient (Wildman–Crippen LogP) is 3.81. The summed E-state index contributed by atoms with van der Waals surface area (Å²) in [6.07, 6.45) is 5.94. The zero-order valence-electron chi connectivity index (χ0n) is 17.0. The first kappa shape index (κ1) is 21.2. The number of ether oxygens (including phenoxy) is 1. The van der Waals surface area contributed by atoms with Crippen molar-refractivity contribution in [3.63, 3.8) is 0 Å². The van der Waals surface area contributed by atoms with Gasteiger partial charge in [0, 0.05) is 31.2 Å². The first-order valence-corrected chi connectivity index (χ1v) is 10.9. The van der Waals surface area contributed by atoms with Crippen molar-refractivity contribution in [1.82, 2.24) is 9.29 Å². The Balaban J connectivity index is 1.85. The average molecular weight is 449 g/mol. The minimum Gasteiger partial charge on any atom is -0.493 e.